The fraction of sp³-hybridized carbons (Fsp3) is 0.312. The van der Waals surface area contributed by atoms with Gasteiger partial charge in [-0.3, -0.25) is 4.79 Å². The van der Waals surface area contributed by atoms with Gasteiger partial charge < -0.3 is 19.2 Å². The molecule has 5 nitrogen and oxygen atoms in total. The van der Waals surface area contributed by atoms with E-state index < -0.39 is 0 Å². The molecule has 21 heavy (non-hydrogen) atoms. The number of methoxy groups -OCH3 is 2. The van der Waals surface area contributed by atoms with Crippen molar-refractivity contribution in [3.63, 3.8) is 0 Å². The van der Waals surface area contributed by atoms with Crippen molar-refractivity contribution in [2.45, 2.75) is 20.8 Å². The lowest BCUT2D eigenvalue weighted by molar-refractivity contribution is 0.102. The second-order valence-electron chi connectivity index (χ2n) is 4.74. The molecule has 0 saturated heterocycles. The fourth-order valence-electron chi connectivity index (χ4n) is 2.24. The zero-order valence-electron chi connectivity index (χ0n) is 12.9. The number of carbonyl (C=O) groups is 1. The van der Waals surface area contributed by atoms with Crippen molar-refractivity contribution in [2.24, 2.45) is 0 Å². The molecule has 0 aliphatic rings. The number of benzene rings is 1. The maximum absolute atomic E-state index is 12.4. The quantitative estimate of drug-likeness (QED) is 0.936. The molecule has 1 aromatic carbocycles. The van der Waals surface area contributed by atoms with E-state index >= 15 is 0 Å². The minimum atomic E-state index is -0.200. The molecule has 0 aliphatic heterocycles. The predicted octanol–water partition coefficient (Wildman–Crippen LogP) is 3.47. The van der Waals surface area contributed by atoms with Crippen LogP contribution in [0.1, 0.15) is 27.4 Å². The lowest BCUT2D eigenvalue weighted by Crippen LogP contribution is -2.13. The summed E-state index contributed by atoms with van der Waals surface area (Å²) in [6.07, 6.45) is 0. The second kappa shape index (κ2) is 5.91. The lowest BCUT2D eigenvalue weighted by atomic mass is 10.1. The molecule has 1 N–H and O–H groups in total. The number of furan rings is 1. The Hall–Kier alpha value is -2.43. The van der Waals surface area contributed by atoms with Crippen LogP contribution in [0.3, 0.4) is 0 Å². The van der Waals surface area contributed by atoms with Crippen LogP contribution in [-0.2, 0) is 0 Å². The smallest absolute Gasteiger partial charge is 0.259 e. The molecule has 0 radical (unpaired) electrons. The van der Waals surface area contributed by atoms with Gasteiger partial charge in [0.25, 0.3) is 5.91 Å². The summed E-state index contributed by atoms with van der Waals surface area (Å²) in [5.41, 5.74) is 2.06. The largest absolute Gasteiger partial charge is 0.493 e. The molecule has 0 fully saturated rings. The van der Waals surface area contributed by atoms with E-state index in [4.69, 9.17) is 13.9 Å². The Balaban J connectivity index is 2.27. The Morgan fingerprint density at radius 2 is 1.71 bits per heavy atom. The van der Waals surface area contributed by atoms with Gasteiger partial charge in [0.15, 0.2) is 11.5 Å². The van der Waals surface area contributed by atoms with Crippen molar-refractivity contribution < 1.29 is 18.7 Å². The molecule has 0 aliphatic carbocycles. The maximum atomic E-state index is 12.4. The molecule has 0 bridgehead atoms. The van der Waals surface area contributed by atoms with Crippen LogP contribution in [0.4, 0.5) is 5.69 Å². The number of ether oxygens (including phenoxy) is 2. The van der Waals surface area contributed by atoms with E-state index in [-0.39, 0.29) is 5.91 Å². The van der Waals surface area contributed by atoms with Gasteiger partial charge in [-0.05, 0) is 32.9 Å². The molecular weight excluding hydrogens is 270 g/mol. The Kier molecular flexibility index (Phi) is 4.21. The summed E-state index contributed by atoms with van der Waals surface area (Å²) in [5, 5.41) is 2.84. The van der Waals surface area contributed by atoms with Gasteiger partial charge in [0.1, 0.15) is 11.5 Å². The summed E-state index contributed by atoms with van der Waals surface area (Å²) in [7, 11) is 3.12. The first-order chi connectivity index (χ1) is 9.97. The number of hydrogen-bond donors (Lipinski definition) is 1. The Bertz CT molecular complexity index is 673. The van der Waals surface area contributed by atoms with Crippen molar-refractivity contribution in [3.05, 3.63) is 40.8 Å². The van der Waals surface area contributed by atoms with Crippen LogP contribution >= 0.6 is 0 Å². The van der Waals surface area contributed by atoms with Gasteiger partial charge in [-0.25, -0.2) is 0 Å². The summed E-state index contributed by atoms with van der Waals surface area (Å²) >= 11 is 0. The first-order valence-electron chi connectivity index (χ1n) is 6.58. The van der Waals surface area contributed by atoms with Crippen molar-refractivity contribution in [3.8, 4) is 11.5 Å². The molecule has 2 rings (SSSR count). The minimum absolute atomic E-state index is 0.200. The normalized spacial score (nSPS) is 10.3. The molecule has 1 heterocycles. The molecule has 1 amide bonds. The number of anilines is 1. The van der Waals surface area contributed by atoms with Crippen LogP contribution in [0, 0.1) is 20.8 Å². The van der Waals surface area contributed by atoms with Gasteiger partial charge in [0.05, 0.1) is 19.8 Å². The van der Waals surface area contributed by atoms with E-state index in [0.29, 0.717) is 28.5 Å². The van der Waals surface area contributed by atoms with E-state index in [1.165, 1.54) is 0 Å². The standard InChI is InChI=1S/C16H19NO4/c1-9-10(2)21-11(3)15(9)16(18)17-12-6-7-13(19-4)14(8-12)20-5/h6-8H,1-5H3,(H,17,18). The van der Waals surface area contributed by atoms with E-state index in [9.17, 15) is 4.79 Å². The highest BCUT2D eigenvalue weighted by atomic mass is 16.5. The van der Waals surface area contributed by atoms with Crippen LogP contribution < -0.4 is 14.8 Å². The molecule has 112 valence electrons. The van der Waals surface area contributed by atoms with Crippen molar-refractivity contribution in [2.75, 3.05) is 19.5 Å². The van der Waals surface area contributed by atoms with Crippen molar-refractivity contribution in [1.82, 2.24) is 0 Å². The fourth-order valence-corrected chi connectivity index (χ4v) is 2.24. The summed E-state index contributed by atoms with van der Waals surface area (Å²) in [4.78, 5) is 12.4. The molecule has 2 aromatic rings. The predicted molar refractivity (Wildman–Crippen MR) is 80.4 cm³/mol. The van der Waals surface area contributed by atoms with Gasteiger partial charge in [-0.15, -0.1) is 0 Å². The van der Waals surface area contributed by atoms with Crippen LogP contribution in [0.15, 0.2) is 22.6 Å². The van der Waals surface area contributed by atoms with E-state index in [1.54, 1.807) is 39.3 Å². The molecule has 5 heteroatoms. The van der Waals surface area contributed by atoms with Gasteiger partial charge in [-0.2, -0.15) is 0 Å². The number of hydrogen-bond acceptors (Lipinski definition) is 4. The minimum Gasteiger partial charge on any atom is -0.493 e. The third-order valence-electron chi connectivity index (χ3n) is 3.43. The molecular formula is C16H19NO4. The van der Waals surface area contributed by atoms with E-state index in [1.807, 2.05) is 13.8 Å². The zero-order valence-corrected chi connectivity index (χ0v) is 12.9. The highest BCUT2D eigenvalue weighted by molar-refractivity contribution is 6.06. The van der Waals surface area contributed by atoms with Gasteiger partial charge >= 0.3 is 0 Å². The van der Waals surface area contributed by atoms with Crippen LogP contribution in [0.25, 0.3) is 0 Å². The number of aryl methyl sites for hydroxylation is 2. The lowest BCUT2D eigenvalue weighted by Gasteiger charge is -2.10. The van der Waals surface area contributed by atoms with Crippen molar-refractivity contribution >= 4 is 11.6 Å². The van der Waals surface area contributed by atoms with Crippen LogP contribution in [-0.4, -0.2) is 20.1 Å². The van der Waals surface area contributed by atoms with Crippen molar-refractivity contribution in [1.29, 1.82) is 0 Å². The summed E-state index contributed by atoms with van der Waals surface area (Å²) in [6, 6.07) is 5.22. The molecule has 0 atom stereocenters. The Morgan fingerprint density at radius 3 is 2.24 bits per heavy atom. The maximum Gasteiger partial charge on any atom is 0.259 e. The van der Waals surface area contributed by atoms with Gasteiger partial charge in [0.2, 0.25) is 0 Å². The number of amides is 1. The monoisotopic (exact) mass is 289 g/mol. The summed E-state index contributed by atoms with van der Waals surface area (Å²) < 4.78 is 15.9. The Labute approximate surface area is 123 Å². The van der Waals surface area contributed by atoms with Crippen LogP contribution in [0.5, 0.6) is 11.5 Å². The average molecular weight is 289 g/mol. The third kappa shape index (κ3) is 2.86. The number of rotatable bonds is 4. The number of nitrogens with one attached hydrogen (secondary N) is 1. The molecule has 0 saturated carbocycles. The first kappa shape index (κ1) is 15.0. The summed E-state index contributed by atoms with van der Waals surface area (Å²) in [6.45, 7) is 5.49. The number of carbonyl (C=O) groups excluding carboxylic acids is 1. The second-order valence-corrected chi connectivity index (χ2v) is 4.74. The summed E-state index contributed by atoms with van der Waals surface area (Å²) in [5.74, 6) is 2.34. The molecule has 0 unspecified atom stereocenters. The highest BCUT2D eigenvalue weighted by Gasteiger charge is 2.19. The highest BCUT2D eigenvalue weighted by Crippen LogP contribution is 2.30. The van der Waals surface area contributed by atoms with Gasteiger partial charge in [-0.1, -0.05) is 0 Å². The van der Waals surface area contributed by atoms with Crippen LogP contribution in [0.2, 0.25) is 0 Å². The topological polar surface area (TPSA) is 60.7 Å². The zero-order chi connectivity index (χ0) is 15.6. The Morgan fingerprint density at radius 1 is 1.05 bits per heavy atom. The van der Waals surface area contributed by atoms with E-state index in [2.05, 4.69) is 5.32 Å². The third-order valence-corrected chi connectivity index (χ3v) is 3.43. The average Bonchev–Trinajstić information content (AvgIpc) is 2.71. The van der Waals surface area contributed by atoms with Gasteiger partial charge in [0, 0.05) is 17.3 Å². The first-order valence-corrected chi connectivity index (χ1v) is 6.58. The molecule has 0 spiro atoms. The van der Waals surface area contributed by atoms with E-state index in [0.717, 1.165) is 11.3 Å². The SMILES string of the molecule is COc1ccc(NC(=O)c2c(C)oc(C)c2C)cc1OC. The molecule has 1 aromatic heterocycles.